The van der Waals surface area contributed by atoms with Crippen molar-refractivity contribution in [3.8, 4) is 12.1 Å². The van der Waals surface area contributed by atoms with Crippen molar-refractivity contribution in [2.75, 3.05) is 18.8 Å². The van der Waals surface area contributed by atoms with Crippen LogP contribution in [0.2, 0.25) is 0 Å². The highest BCUT2D eigenvalue weighted by molar-refractivity contribution is 8.00. The Morgan fingerprint density at radius 2 is 2.00 bits per heavy atom. The Morgan fingerprint density at radius 1 is 1.32 bits per heavy atom. The van der Waals surface area contributed by atoms with Gasteiger partial charge in [-0.25, -0.2) is 0 Å². The Hall–Kier alpha value is -1.73. The number of rotatable bonds is 8. The molecule has 2 amide bonds. The third kappa shape index (κ3) is 8.06. The minimum absolute atomic E-state index is 0.0489. The lowest BCUT2D eigenvalue weighted by Crippen LogP contribution is -2.31. The van der Waals surface area contributed by atoms with Gasteiger partial charge < -0.3 is 10.6 Å². The number of hydrogen-bond donors (Lipinski definition) is 2. The third-order valence-electron chi connectivity index (χ3n) is 2.25. The molecule has 0 aliphatic heterocycles. The van der Waals surface area contributed by atoms with Gasteiger partial charge in [-0.05, 0) is 13.8 Å². The fourth-order valence-electron chi connectivity index (χ4n) is 1.23. The predicted octanol–water partition coefficient (Wildman–Crippen LogP) is 0.414. The second-order valence-corrected chi connectivity index (χ2v) is 5.21. The van der Waals surface area contributed by atoms with Gasteiger partial charge in [0.1, 0.15) is 6.54 Å². The van der Waals surface area contributed by atoms with Crippen LogP contribution < -0.4 is 10.6 Å². The molecular formula is C12H18N4O2S. The van der Waals surface area contributed by atoms with E-state index in [1.54, 1.807) is 13.0 Å². The summed E-state index contributed by atoms with van der Waals surface area (Å²) in [5, 5.41) is 22.1. The molecule has 0 bridgehead atoms. The van der Waals surface area contributed by atoms with Crippen LogP contribution >= 0.6 is 11.8 Å². The van der Waals surface area contributed by atoms with Gasteiger partial charge in [-0.2, -0.15) is 10.5 Å². The molecule has 0 aromatic heterocycles. The molecule has 0 aromatic rings. The summed E-state index contributed by atoms with van der Waals surface area (Å²) in [6.45, 7) is 4.12. The van der Waals surface area contributed by atoms with Gasteiger partial charge in [-0.15, -0.1) is 11.8 Å². The maximum Gasteiger partial charge on any atom is 0.232 e. The normalized spacial score (nSPS) is 12.6. The molecule has 0 heterocycles. The van der Waals surface area contributed by atoms with Gasteiger partial charge in [0.15, 0.2) is 0 Å². The number of nitriles is 2. The zero-order chi connectivity index (χ0) is 14.7. The van der Waals surface area contributed by atoms with Crippen LogP contribution in [0.4, 0.5) is 0 Å². The molecule has 7 heteroatoms. The van der Waals surface area contributed by atoms with Crippen LogP contribution in [-0.2, 0) is 9.59 Å². The van der Waals surface area contributed by atoms with Gasteiger partial charge in [0, 0.05) is 18.7 Å². The van der Waals surface area contributed by atoms with Crippen LogP contribution in [0, 0.1) is 28.6 Å². The number of nitrogens with one attached hydrogen (secondary N) is 2. The molecule has 0 saturated carbocycles. The van der Waals surface area contributed by atoms with Crippen LogP contribution in [0.15, 0.2) is 0 Å². The van der Waals surface area contributed by atoms with E-state index in [0.29, 0.717) is 12.3 Å². The zero-order valence-corrected chi connectivity index (χ0v) is 11.9. The average Bonchev–Trinajstić information content (AvgIpc) is 2.40. The third-order valence-corrected chi connectivity index (χ3v) is 3.56. The largest absolute Gasteiger partial charge is 0.355 e. The van der Waals surface area contributed by atoms with E-state index in [2.05, 4.69) is 10.6 Å². The molecule has 0 aliphatic rings. The first kappa shape index (κ1) is 17.3. The first-order valence-electron chi connectivity index (χ1n) is 5.97. The number of carbonyl (C=O) groups is 2. The smallest absolute Gasteiger partial charge is 0.232 e. The zero-order valence-electron chi connectivity index (χ0n) is 11.1. The molecule has 0 aromatic carbocycles. The lowest BCUT2D eigenvalue weighted by Gasteiger charge is -2.13. The highest BCUT2D eigenvalue weighted by Crippen LogP contribution is 2.17. The van der Waals surface area contributed by atoms with E-state index in [9.17, 15) is 9.59 Å². The number of nitrogens with zero attached hydrogens (tertiary/aromatic N) is 2. The standard InChI is InChI=1S/C12H18N4O2S/c1-3-15-12(18)9(2)19-8-10(7-14)6-11(17)16-5-4-13/h9-10H,3,5-6,8H2,1-2H3,(H,15,18)(H,16,17). The molecule has 0 saturated heterocycles. The SMILES string of the molecule is CCNC(=O)C(C)SCC(C#N)CC(=O)NCC#N. The van der Waals surface area contributed by atoms with Gasteiger partial charge in [0.05, 0.1) is 23.3 Å². The molecule has 104 valence electrons. The maximum atomic E-state index is 11.5. The van der Waals surface area contributed by atoms with Crippen LogP contribution in [0.3, 0.4) is 0 Å². The van der Waals surface area contributed by atoms with Gasteiger partial charge in [0.25, 0.3) is 0 Å². The van der Waals surface area contributed by atoms with Crippen molar-refractivity contribution < 1.29 is 9.59 Å². The van der Waals surface area contributed by atoms with Gasteiger partial charge in [-0.3, -0.25) is 9.59 Å². The Morgan fingerprint density at radius 3 is 2.53 bits per heavy atom. The fraction of sp³-hybridized carbons (Fsp3) is 0.667. The number of carbonyl (C=O) groups excluding carboxylic acids is 2. The van der Waals surface area contributed by atoms with Crippen molar-refractivity contribution in [2.45, 2.75) is 25.5 Å². The van der Waals surface area contributed by atoms with Crippen molar-refractivity contribution in [3.63, 3.8) is 0 Å². The van der Waals surface area contributed by atoms with E-state index < -0.39 is 5.92 Å². The molecule has 2 unspecified atom stereocenters. The van der Waals surface area contributed by atoms with E-state index in [4.69, 9.17) is 10.5 Å². The number of hydrogen-bond acceptors (Lipinski definition) is 5. The van der Waals surface area contributed by atoms with Crippen molar-refractivity contribution >= 4 is 23.6 Å². The summed E-state index contributed by atoms with van der Waals surface area (Å²) in [6.07, 6.45) is 0.0489. The summed E-state index contributed by atoms with van der Waals surface area (Å²) < 4.78 is 0. The fourth-order valence-corrected chi connectivity index (χ4v) is 2.18. The molecule has 19 heavy (non-hydrogen) atoms. The Labute approximate surface area is 117 Å². The summed E-state index contributed by atoms with van der Waals surface area (Å²) in [5.41, 5.74) is 0. The van der Waals surface area contributed by atoms with Crippen molar-refractivity contribution in [2.24, 2.45) is 5.92 Å². The van der Waals surface area contributed by atoms with Crippen LogP contribution in [0.5, 0.6) is 0 Å². The lowest BCUT2D eigenvalue weighted by molar-refractivity contribution is -0.121. The Balaban J connectivity index is 4.07. The minimum Gasteiger partial charge on any atom is -0.355 e. The second-order valence-electron chi connectivity index (χ2n) is 3.84. The molecule has 0 aliphatic carbocycles. The van der Waals surface area contributed by atoms with Gasteiger partial charge in [0.2, 0.25) is 11.8 Å². The van der Waals surface area contributed by atoms with Crippen LogP contribution in [0.1, 0.15) is 20.3 Å². The lowest BCUT2D eigenvalue weighted by atomic mass is 10.1. The highest BCUT2D eigenvalue weighted by Gasteiger charge is 2.18. The molecule has 2 atom stereocenters. The van der Waals surface area contributed by atoms with Crippen molar-refractivity contribution in [3.05, 3.63) is 0 Å². The quantitative estimate of drug-likeness (QED) is 0.627. The monoisotopic (exact) mass is 282 g/mol. The molecule has 0 fully saturated rings. The molecular weight excluding hydrogens is 264 g/mol. The van der Waals surface area contributed by atoms with Gasteiger partial charge in [-0.1, -0.05) is 0 Å². The van der Waals surface area contributed by atoms with E-state index in [1.807, 2.05) is 13.0 Å². The first-order valence-corrected chi connectivity index (χ1v) is 7.02. The Bertz CT molecular complexity index is 386. The molecule has 0 spiro atoms. The highest BCUT2D eigenvalue weighted by atomic mass is 32.2. The summed E-state index contributed by atoms with van der Waals surface area (Å²) >= 11 is 1.34. The molecule has 0 rings (SSSR count). The van der Waals surface area contributed by atoms with E-state index in [1.165, 1.54) is 11.8 Å². The van der Waals surface area contributed by atoms with Gasteiger partial charge >= 0.3 is 0 Å². The van der Waals surface area contributed by atoms with Crippen LogP contribution in [-0.4, -0.2) is 35.9 Å². The summed E-state index contributed by atoms with van der Waals surface area (Å²) in [7, 11) is 0. The summed E-state index contributed by atoms with van der Waals surface area (Å²) in [4.78, 5) is 22.8. The van der Waals surface area contributed by atoms with Crippen LogP contribution in [0.25, 0.3) is 0 Å². The van der Waals surface area contributed by atoms with Crippen molar-refractivity contribution in [1.82, 2.24) is 10.6 Å². The topological polar surface area (TPSA) is 106 Å². The summed E-state index contributed by atoms with van der Waals surface area (Å²) in [5.74, 6) is -0.438. The van der Waals surface area contributed by atoms with Crippen molar-refractivity contribution in [1.29, 1.82) is 10.5 Å². The first-order chi connectivity index (χ1) is 9.04. The molecule has 6 nitrogen and oxygen atoms in total. The minimum atomic E-state index is -0.458. The molecule has 2 N–H and O–H groups in total. The van der Waals surface area contributed by atoms with E-state index >= 15 is 0 Å². The Kier molecular flexibility index (Phi) is 9.29. The predicted molar refractivity (Wildman–Crippen MR) is 72.9 cm³/mol. The number of amides is 2. The van der Waals surface area contributed by atoms with E-state index in [0.717, 1.165) is 0 Å². The second kappa shape index (κ2) is 10.2. The average molecular weight is 282 g/mol. The number of thioether (sulfide) groups is 1. The maximum absolute atomic E-state index is 11.5. The summed E-state index contributed by atoms with van der Waals surface area (Å²) in [6, 6.07) is 3.84. The molecule has 0 radical (unpaired) electrons. The van der Waals surface area contributed by atoms with E-state index in [-0.39, 0.29) is 30.0 Å².